The van der Waals surface area contributed by atoms with Gasteiger partial charge < -0.3 is 19.7 Å². The van der Waals surface area contributed by atoms with Gasteiger partial charge in [-0.3, -0.25) is 4.99 Å². The van der Waals surface area contributed by atoms with Gasteiger partial charge in [0.1, 0.15) is 0 Å². The van der Waals surface area contributed by atoms with E-state index in [2.05, 4.69) is 21.8 Å². The van der Waals surface area contributed by atoms with Gasteiger partial charge in [-0.05, 0) is 6.42 Å². The third-order valence-corrected chi connectivity index (χ3v) is 2.99. The number of methoxy groups -OCH3 is 1. The third kappa shape index (κ3) is 5.06. The van der Waals surface area contributed by atoms with Crippen LogP contribution in [0.3, 0.4) is 0 Å². The van der Waals surface area contributed by atoms with E-state index >= 15 is 0 Å². The topological polar surface area (TPSA) is 46.1 Å². The van der Waals surface area contributed by atoms with Crippen molar-refractivity contribution in [1.29, 1.82) is 0 Å². The Morgan fingerprint density at radius 3 is 3.06 bits per heavy atom. The van der Waals surface area contributed by atoms with Crippen LogP contribution >= 0.6 is 0 Å². The number of rotatable bonds is 7. The highest BCUT2D eigenvalue weighted by Crippen LogP contribution is 2.16. The summed E-state index contributed by atoms with van der Waals surface area (Å²) in [5.41, 5.74) is 0. The first-order valence-corrected chi connectivity index (χ1v) is 6.45. The summed E-state index contributed by atoms with van der Waals surface area (Å²) in [6.45, 7) is 8.63. The van der Waals surface area contributed by atoms with Crippen molar-refractivity contribution in [3.63, 3.8) is 0 Å². The zero-order chi connectivity index (χ0) is 13.2. The van der Waals surface area contributed by atoms with E-state index in [9.17, 15) is 0 Å². The lowest BCUT2D eigenvalue weighted by molar-refractivity contribution is 0.0536. The molecule has 1 rings (SSSR count). The van der Waals surface area contributed by atoms with E-state index < -0.39 is 0 Å². The summed E-state index contributed by atoms with van der Waals surface area (Å²) < 4.78 is 10.5. The van der Waals surface area contributed by atoms with Crippen LogP contribution in [0.4, 0.5) is 0 Å². The van der Waals surface area contributed by atoms with Crippen molar-refractivity contribution in [2.45, 2.75) is 6.42 Å². The Morgan fingerprint density at radius 1 is 1.56 bits per heavy atom. The second kappa shape index (κ2) is 8.94. The zero-order valence-corrected chi connectivity index (χ0v) is 11.5. The van der Waals surface area contributed by atoms with Crippen LogP contribution < -0.4 is 5.32 Å². The average molecular weight is 255 g/mol. The predicted molar refractivity (Wildman–Crippen MR) is 73.9 cm³/mol. The van der Waals surface area contributed by atoms with E-state index in [1.54, 1.807) is 7.11 Å². The molecule has 0 aromatic carbocycles. The van der Waals surface area contributed by atoms with Crippen molar-refractivity contribution >= 4 is 5.96 Å². The summed E-state index contributed by atoms with van der Waals surface area (Å²) in [7, 11) is 3.50. The van der Waals surface area contributed by atoms with Crippen molar-refractivity contribution in [1.82, 2.24) is 10.2 Å². The average Bonchev–Trinajstić information content (AvgIpc) is 2.84. The third-order valence-electron chi connectivity index (χ3n) is 2.99. The first-order chi connectivity index (χ1) is 8.81. The molecule has 104 valence electrons. The molecule has 0 aromatic rings. The molecule has 1 aliphatic heterocycles. The fraction of sp³-hybridized carbons (Fsp3) is 0.769. The molecule has 0 aliphatic carbocycles. The Morgan fingerprint density at radius 2 is 2.39 bits per heavy atom. The van der Waals surface area contributed by atoms with Gasteiger partial charge in [-0.25, -0.2) is 0 Å². The van der Waals surface area contributed by atoms with Crippen LogP contribution in [0.25, 0.3) is 0 Å². The summed E-state index contributed by atoms with van der Waals surface area (Å²) in [6, 6.07) is 0. The first kappa shape index (κ1) is 15.0. The Labute approximate surface area is 110 Å². The monoisotopic (exact) mass is 255 g/mol. The van der Waals surface area contributed by atoms with Gasteiger partial charge in [0.15, 0.2) is 5.96 Å². The molecule has 1 aliphatic rings. The summed E-state index contributed by atoms with van der Waals surface area (Å²) in [5, 5.41) is 3.26. The van der Waals surface area contributed by atoms with E-state index in [4.69, 9.17) is 9.47 Å². The first-order valence-electron chi connectivity index (χ1n) is 6.45. The Hall–Kier alpha value is -1.07. The fourth-order valence-corrected chi connectivity index (χ4v) is 2.05. The molecule has 5 nitrogen and oxygen atoms in total. The lowest BCUT2D eigenvalue weighted by atomic mass is 10.1. The van der Waals surface area contributed by atoms with E-state index in [1.165, 1.54) is 0 Å². The van der Waals surface area contributed by atoms with Crippen molar-refractivity contribution in [2.75, 3.05) is 53.6 Å². The van der Waals surface area contributed by atoms with Crippen molar-refractivity contribution in [2.24, 2.45) is 10.9 Å². The van der Waals surface area contributed by atoms with Crippen molar-refractivity contribution in [3.8, 4) is 0 Å². The zero-order valence-electron chi connectivity index (χ0n) is 11.5. The maximum absolute atomic E-state index is 5.57. The lowest BCUT2D eigenvalue weighted by Gasteiger charge is -2.21. The number of likely N-dealkylation sites (tertiary alicyclic amines) is 1. The van der Waals surface area contributed by atoms with E-state index in [0.717, 1.165) is 38.6 Å². The van der Waals surface area contributed by atoms with Crippen LogP contribution in [0.1, 0.15) is 6.42 Å². The molecular formula is C13H25N3O2. The number of nitrogens with one attached hydrogen (secondary N) is 1. The summed E-state index contributed by atoms with van der Waals surface area (Å²) in [4.78, 5) is 6.55. The number of guanidine groups is 1. The number of nitrogens with zero attached hydrogens (tertiary/aromatic N) is 2. The predicted octanol–water partition coefficient (Wildman–Crippen LogP) is 0.733. The molecule has 0 radical (unpaired) electrons. The molecule has 1 saturated heterocycles. The van der Waals surface area contributed by atoms with Gasteiger partial charge >= 0.3 is 0 Å². The van der Waals surface area contributed by atoms with Crippen molar-refractivity contribution in [3.05, 3.63) is 12.7 Å². The number of hydrogen-bond donors (Lipinski definition) is 1. The maximum Gasteiger partial charge on any atom is 0.193 e. The smallest absolute Gasteiger partial charge is 0.193 e. The number of aliphatic imine (C=N–C) groups is 1. The molecule has 18 heavy (non-hydrogen) atoms. The molecule has 1 heterocycles. The molecule has 5 heteroatoms. The molecule has 1 atom stereocenters. The van der Waals surface area contributed by atoms with Gasteiger partial charge in [0.25, 0.3) is 0 Å². The second-order valence-electron chi connectivity index (χ2n) is 4.39. The summed E-state index contributed by atoms with van der Waals surface area (Å²) in [6.07, 6.45) is 2.99. The highest BCUT2D eigenvalue weighted by molar-refractivity contribution is 5.80. The maximum atomic E-state index is 5.57. The molecular weight excluding hydrogens is 230 g/mol. The van der Waals surface area contributed by atoms with Crippen LogP contribution in [0, 0.1) is 5.92 Å². The van der Waals surface area contributed by atoms with Crippen LogP contribution in [0.2, 0.25) is 0 Å². The summed E-state index contributed by atoms with van der Waals surface area (Å²) >= 11 is 0. The molecule has 1 unspecified atom stereocenters. The molecule has 0 spiro atoms. The van der Waals surface area contributed by atoms with Crippen LogP contribution in [0.5, 0.6) is 0 Å². The lowest BCUT2D eigenvalue weighted by Crippen LogP contribution is -2.40. The van der Waals surface area contributed by atoms with Gasteiger partial charge in [0.2, 0.25) is 0 Å². The minimum atomic E-state index is 0.587. The van der Waals surface area contributed by atoms with E-state index in [0.29, 0.717) is 19.1 Å². The quantitative estimate of drug-likeness (QED) is 0.315. The molecule has 0 aromatic heterocycles. The Balaban J connectivity index is 2.24. The highest BCUT2D eigenvalue weighted by Gasteiger charge is 2.24. The van der Waals surface area contributed by atoms with Gasteiger partial charge in [-0.1, -0.05) is 6.08 Å². The fourth-order valence-electron chi connectivity index (χ4n) is 2.05. The Bertz CT molecular complexity index is 269. The van der Waals surface area contributed by atoms with Gasteiger partial charge in [0, 0.05) is 39.7 Å². The van der Waals surface area contributed by atoms with Crippen LogP contribution in [0.15, 0.2) is 17.6 Å². The van der Waals surface area contributed by atoms with E-state index in [-0.39, 0.29) is 0 Å². The second-order valence-corrected chi connectivity index (χ2v) is 4.39. The van der Waals surface area contributed by atoms with Crippen LogP contribution in [-0.4, -0.2) is 64.5 Å². The largest absolute Gasteiger partial charge is 0.382 e. The molecule has 0 bridgehead atoms. The Kier molecular flexibility index (Phi) is 7.44. The molecule has 1 fully saturated rings. The minimum absolute atomic E-state index is 0.587. The van der Waals surface area contributed by atoms with Gasteiger partial charge in [-0.2, -0.15) is 0 Å². The number of ether oxygens (including phenoxy) is 2. The van der Waals surface area contributed by atoms with Gasteiger partial charge in [-0.15, -0.1) is 6.58 Å². The molecule has 0 saturated carbocycles. The van der Waals surface area contributed by atoms with E-state index in [1.807, 2.05) is 13.1 Å². The SMILES string of the molecule is C=CCNC(=NC)N1CCC(COCCOC)C1. The minimum Gasteiger partial charge on any atom is -0.382 e. The summed E-state index contributed by atoms with van der Waals surface area (Å²) in [5.74, 6) is 1.54. The van der Waals surface area contributed by atoms with Gasteiger partial charge in [0.05, 0.1) is 19.8 Å². The van der Waals surface area contributed by atoms with Crippen molar-refractivity contribution < 1.29 is 9.47 Å². The normalized spacial score (nSPS) is 20.2. The molecule has 1 N–H and O–H groups in total. The number of hydrogen-bond acceptors (Lipinski definition) is 3. The standard InChI is InChI=1S/C13H25N3O2/c1-4-6-15-13(14-2)16-7-5-12(10-16)11-18-9-8-17-3/h4,12H,1,5-11H2,2-3H3,(H,14,15). The van der Waals surface area contributed by atoms with Crippen LogP contribution in [-0.2, 0) is 9.47 Å². The highest BCUT2D eigenvalue weighted by atomic mass is 16.5. The molecule has 0 amide bonds.